The van der Waals surface area contributed by atoms with Gasteiger partial charge in [-0.05, 0) is 30.3 Å². The Labute approximate surface area is 118 Å². The minimum Gasteiger partial charge on any atom is -0.322 e. The third-order valence-electron chi connectivity index (χ3n) is 2.37. The highest BCUT2D eigenvalue weighted by atomic mass is 35.5. The van der Waals surface area contributed by atoms with Gasteiger partial charge in [-0.2, -0.15) is 0 Å². The first kappa shape index (κ1) is 13.8. The highest BCUT2D eigenvalue weighted by molar-refractivity contribution is 6.42. The summed E-state index contributed by atoms with van der Waals surface area (Å²) >= 11 is 11.5. The Morgan fingerprint density at radius 2 is 1.79 bits per heavy atom. The largest absolute Gasteiger partial charge is 0.322 e. The normalized spacial score (nSPS) is 10.3. The van der Waals surface area contributed by atoms with Crippen molar-refractivity contribution in [1.29, 1.82) is 0 Å². The van der Waals surface area contributed by atoms with Crippen LogP contribution in [-0.4, -0.2) is 5.91 Å². The predicted molar refractivity (Wildman–Crippen MR) is 70.8 cm³/mol. The fourth-order valence-corrected chi connectivity index (χ4v) is 1.75. The third kappa shape index (κ3) is 3.03. The second-order valence-electron chi connectivity index (χ2n) is 3.68. The summed E-state index contributed by atoms with van der Waals surface area (Å²) in [5.74, 6) is -3.04. The first-order valence-electron chi connectivity index (χ1n) is 5.19. The molecule has 1 amide bonds. The van der Waals surface area contributed by atoms with Crippen LogP contribution in [0.2, 0.25) is 10.0 Å². The Hall–Kier alpha value is -1.65. The molecule has 0 fully saturated rings. The molecule has 0 spiro atoms. The zero-order valence-electron chi connectivity index (χ0n) is 9.38. The number of carbonyl (C=O) groups is 1. The van der Waals surface area contributed by atoms with E-state index >= 15 is 0 Å². The zero-order chi connectivity index (χ0) is 14.0. The van der Waals surface area contributed by atoms with Gasteiger partial charge in [0.1, 0.15) is 0 Å². The van der Waals surface area contributed by atoms with Crippen molar-refractivity contribution < 1.29 is 13.6 Å². The molecular formula is C13H7Cl2F2NO. The molecule has 0 aliphatic carbocycles. The van der Waals surface area contributed by atoms with Crippen molar-refractivity contribution in [3.63, 3.8) is 0 Å². The standard InChI is InChI=1S/C13H7Cl2F2NO/c14-9-5-4-7(6-10(9)15)18-13(19)8-2-1-3-11(16)12(8)17/h1-6H,(H,18,19). The van der Waals surface area contributed by atoms with Crippen LogP contribution in [0.25, 0.3) is 0 Å². The minimum absolute atomic E-state index is 0.249. The van der Waals surface area contributed by atoms with Crippen molar-refractivity contribution in [2.75, 3.05) is 5.32 Å². The molecule has 0 unspecified atom stereocenters. The molecule has 0 saturated heterocycles. The van der Waals surface area contributed by atoms with Crippen molar-refractivity contribution in [1.82, 2.24) is 0 Å². The maximum absolute atomic E-state index is 13.4. The summed E-state index contributed by atoms with van der Waals surface area (Å²) in [4.78, 5) is 11.8. The fourth-order valence-electron chi connectivity index (χ4n) is 1.45. The number of hydrogen-bond donors (Lipinski definition) is 1. The summed E-state index contributed by atoms with van der Waals surface area (Å²) in [6.45, 7) is 0. The highest BCUT2D eigenvalue weighted by Crippen LogP contribution is 2.25. The predicted octanol–water partition coefficient (Wildman–Crippen LogP) is 4.52. The first-order chi connectivity index (χ1) is 8.99. The molecule has 0 heterocycles. The van der Waals surface area contributed by atoms with Gasteiger partial charge in [0, 0.05) is 5.69 Å². The van der Waals surface area contributed by atoms with Gasteiger partial charge in [0.25, 0.3) is 5.91 Å². The van der Waals surface area contributed by atoms with E-state index in [0.29, 0.717) is 10.7 Å². The van der Waals surface area contributed by atoms with Gasteiger partial charge in [-0.3, -0.25) is 4.79 Å². The Morgan fingerprint density at radius 3 is 2.47 bits per heavy atom. The monoisotopic (exact) mass is 301 g/mol. The summed E-state index contributed by atoms with van der Waals surface area (Å²) in [7, 11) is 0. The number of rotatable bonds is 2. The summed E-state index contributed by atoms with van der Waals surface area (Å²) in [6, 6.07) is 7.78. The Bertz CT molecular complexity index is 647. The Kier molecular flexibility index (Phi) is 4.02. The van der Waals surface area contributed by atoms with Gasteiger partial charge in [-0.25, -0.2) is 8.78 Å². The average Bonchev–Trinajstić information content (AvgIpc) is 2.37. The number of halogens is 4. The van der Waals surface area contributed by atoms with Crippen LogP contribution in [0, 0.1) is 11.6 Å². The van der Waals surface area contributed by atoms with E-state index in [4.69, 9.17) is 23.2 Å². The van der Waals surface area contributed by atoms with Gasteiger partial charge in [0.15, 0.2) is 11.6 Å². The van der Waals surface area contributed by atoms with Crippen LogP contribution in [0.5, 0.6) is 0 Å². The van der Waals surface area contributed by atoms with E-state index in [-0.39, 0.29) is 10.6 Å². The maximum atomic E-state index is 13.4. The molecule has 0 aliphatic heterocycles. The molecule has 2 rings (SSSR count). The van der Waals surface area contributed by atoms with E-state index in [9.17, 15) is 13.6 Å². The third-order valence-corrected chi connectivity index (χ3v) is 3.11. The fraction of sp³-hybridized carbons (Fsp3) is 0. The molecule has 1 N–H and O–H groups in total. The summed E-state index contributed by atoms with van der Waals surface area (Å²) in [6.07, 6.45) is 0. The van der Waals surface area contributed by atoms with E-state index in [1.165, 1.54) is 30.3 Å². The van der Waals surface area contributed by atoms with Crippen molar-refractivity contribution in [2.45, 2.75) is 0 Å². The van der Waals surface area contributed by atoms with Crippen LogP contribution in [0.3, 0.4) is 0 Å². The molecule has 0 atom stereocenters. The molecule has 2 aromatic carbocycles. The van der Waals surface area contributed by atoms with Crippen molar-refractivity contribution >= 4 is 34.8 Å². The first-order valence-corrected chi connectivity index (χ1v) is 5.95. The second-order valence-corrected chi connectivity index (χ2v) is 4.50. The van der Waals surface area contributed by atoms with Gasteiger partial charge in [-0.1, -0.05) is 29.3 Å². The summed E-state index contributed by atoms with van der Waals surface area (Å²) in [5, 5.41) is 2.99. The molecule has 0 aliphatic rings. The lowest BCUT2D eigenvalue weighted by molar-refractivity contribution is 0.102. The summed E-state index contributed by atoms with van der Waals surface area (Å²) < 4.78 is 26.4. The zero-order valence-corrected chi connectivity index (χ0v) is 10.9. The van der Waals surface area contributed by atoms with E-state index in [0.717, 1.165) is 6.07 Å². The van der Waals surface area contributed by atoms with Gasteiger partial charge in [-0.15, -0.1) is 0 Å². The lowest BCUT2D eigenvalue weighted by Gasteiger charge is -2.07. The van der Waals surface area contributed by atoms with Gasteiger partial charge in [0.2, 0.25) is 0 Å². The minimum atomic E-state index is -1.19. The molecule has 0 radical (unpaired) electrons. The van der Waals surface area contributed by atoms with Crippen LogP contribution in [0.15, 0.2) is 36.4 Å². The lowest BCUT2D eigenvalue weighted by Crippen LogP contribution is -2.14. The van der Waals surface area contributed by atoms with Crippen LogP contribution in [0.4, 0.5) is 14.5 Å². The number of hydrogen-bond acceptors (Lipinski definition) is 1. The number of amides is 1. The van der Waals surface area contributed by atoms with Crippen molar-refractivity contribution in [3.05, 3.63) is 63.6 Å². The second kappa shape index (κ2) is 5.55. The summed E-state index contributed by atoms with van der Waals surface area (Å²) in [5.41, 5.74) is -0.0471. The van der Waals surface area contributed by atoms with E-state index in [1.54, 1.807) is 0 Å². The smallest absolute Gasteiger partial charge is 0.258 e. The highest BCUT2D eigenvalue weighted by Gasteiger charge is 2.15. The molecule has 19 heavy (non-hydrogen) atoms. The SMILES string of the molecule is O=C(Nc1ccc(Cl)c(Cl)c1)c1cccc(F)c1F. The molecule has 6 heteroatoms. The average molecular weight is 302 g/mol. The lowest BCUT2D eigenvalue weighted by atomic mass is 10.2. The molecule has 2 nitrogen and oxygen atoms in total. The molecule has 0 saturated carbocycles. The van der Waals surface area contributed by atoms with E-state index < -0.39 is 17.5 Å². The number of benzene rings is 2. The number of carbonyl (C=O) groups excluding carboxylic acids is 1. The maximum Gasteiger partial charge on any atom is 0.258 e. The van der Waals surface area contributed by atoms with E-state index in [2.05, 4.69) is 5.32 Å². The number of nitrogens with one attached hydrogen (secondary N) is 1. The van der Waals surface area contributed by atoms with Gasteiger partial charge in [0.05, 0.1) is 15.6 Å². The van der Waals surface area contributed by atoms with Gasteiger partial charge >= 0.3 is 0 Å². The molecule has 0 bridgehead atoms. The Balaban J connectivity index is 2.26. The van der Waals surface area contributed by atoms with Gasteiger partial charge < -0.3 is 5.32 Å². The molecular weight excluding hydrogens is 295 g/mol. The van der Waals surface area contributed by atoms with Crippen LogP contribution >= 0.6 is 23.2 Å². The topological polar surface area (TPSA) is 29.1 Å². The van der Waals surface area contributed by atoms with Crippen molar-refractivity contribution in [2.24, 2.45) is 0 Å². The number of anilines is 1. The quantitative estimate of drug-likeness (QED) is 0.868. The molecule has 98 valence electrons. The van der Waals surface area contributed by atoms with E-state index in [1.807, 2.05) is 0 Å². The van der Waals surface area contributed by atoms with Crippen LogP contribution < -0.4 is 5.32 Å². The van der Waals surface area contributed by atoms with Crippen LogP contribution in [-0.2, 0) is 0 Å². The van der Waals surface area contributed by atoms with Crippen LogP contribution in [0.1, 0.15) is 10.4 Å². The molecule has 0 aromatic heterocycles. The van der Waals surface area contributed by atoms with Crippen molar-refractivity contribution in [3.8, 4) is 0 Å². The molecule has 2 aromatic rings. The Morgan fingerprint density at radius 1 is 1.05 bits per heavy atom.